The minimum absolute atomic E-state index is 0.354. The van der Waals surface area contributed by atoms with Crippen LogP contribution in [-0.4, -0.2) is 10.5 Å². The van der Waals surface area contributed by atoms with Crippen LogP contribution in [0.25, 0.3) is 21.5 Å². The first-order chi connectivity index (χ1) is 14.4. The van der Waals surface area contributed by atoms with Crippen molar-refractivity contribution in [2.45, 2.75) is 27.3 Å². The van der Waals surface area contributed by atoms with E-state index in [0.717, 1.165) is 21.3 Å². The van der Waals surface area contributed by atoms with Crippen LogP contribution in [0.3, 0.4) is 0 Å². The van der Waals surface area contributed by atoms with Crippen molar-refractivity contribution < 1.29 is 4.79 Å². The predicted octanol–water partition coefficient (Wildman–Crippen LogP) is 4.08. The highest BCUT2D eigenvalue weighted by Gasteiger charge is 2.15. The third kappa shape index (κ3) is 3.39. The first-order valence-electron chi connectivity index (χ1n) is 9.79. The molecule has 4 rings (SSSR count). The number of aromatic nitrogens is 1. The molecular weight excluding hydrogens is 376 g/mol. The highest BCUT2D eigenvalue weighted by molar-refractivity contribution is 6.05. The number of carbonyl (C=O) groups is 1. The summed E-state index contributed by atoms with van der Waals surface area (Å²) in [5, 5.41) is 5.08. The number of aryl methyl sites for hydroxylation is 3. The molecule has 3 aromatic carbocycles. The molecule has 0 aliphatic heterocycles. The van der Waals surface area contributed by atoms with E-state index in [1.54, 1.807) is 24.3 Å². The van der Waals surface area contributed by atoms with Gasteiger partial charge in [-0.05, 0) is 54.8 Å². The average molecular weight is 398 g/mol. The summed E-state index contributed by atoms with van der Waals surface area (Å²) in [4.78, 5) is 39.3. The molecule has 1 aromatic heterocycles. The highest BCUT2D eigenvalue weighted by Crippen LogP contribution is 2.22. The molecular formula is C25H22N2O3. The molecule has 1 heterocycles. The lowest BCUT2D eigenvalue weighted by molar-refractivity contribution is -0.116. The second-order valence-electron chi connectivity index (χ2n) is 7.61. The molecule has 0 saturated carbocycles. The summed E-state index contributed by atoms with van der Waals surface area (Å²) in [6, 6.07) is 18.2. The van der Waals surface area contributed by atoms with Crippen LogP contribution in [0.4, 0.5) is 5.69 Å². The van der Waals surface area contributed by atoms with Gasteiger partial charge in [-0.25, -0.2) is 0 Å². The highest BCUT2D eigenvalue weighted by atomic mass is 16.2. The molecule has 0 fully saturated rings. The lowest BCUT2D eigenvalue weighted by atomic mass is 10.1. The van der Waals surface area contributed by atoms with E-state index in [2.05, 4.69) is 5.32 Å². The van der Waals surface area contributed by atoms with Crippen LogP contribution in [0.5, 0.6) is 0 Å². The standard InChI is InChI=1S/C25H22N2O3/c1-15-12-16(2)23(17(3)13-15)26-22(28)14-27-24(29)20-10-6-4-8-18(20)19-9-5-7-11-21(19)25(27)30/h4-13H,14H2,1-3H3,(H,26,28). The van der Waals surface area contributed by atoms with E-state index in [1.807, 2.05) is 57.2 Å². The van der Waals surface area contributed by atoms with E-state index in [9.17, 15) is 14.4 Å². The van der Waals surface area contributed by atoms with Gasteiger partial charge in [-0.1, -0.05) is 54.1 Å². The molecule has 0 radical (unpaired) electrons. The predicted molar refractivity (Wildman–Crippen MR) is 121 cm³/mol. The average Bonchev–Trinajstić information content (AvgIpc) is 2.81. The molecule has 0 unspecified atom stereocenters. The smallest absolute Gasteiger partial charge is 0.261 e. The van der Waals surface area contributed by atoms with Crippen molar-refractivity contribution in [1.82, 2.24) is 4.57 Å². The molecule has 1 amide bonds. The van der Waals surface area contributed by atoms with Crippen molar-refractivity contribution in [1.29, 1.82) is 0 Å². The van der Waals surface area contributed by atoms with Crippen molar-refractivity contribution in [2.24, 2.45) is 0 Å². The number of benzene rings is 3. The van der Waals surface area contributed by atoms with Crippen LogP contribution in [0.2, 0.25) is 0 Å². The van der Waals surface area contributed by atoms with E-state index >= 15 is 0 Å². The van der Waals surface area contributed by atoms with Gasteiger partial charge in [0.15, 0.2) is 0 Å². The van der Waals surface area contributed by atoms with E-state index in [0.29, 0.717) is 27.2 Å². The quantitative estimate of drug-likeness (QED) is 0.565. The SMILES string of the molecule is Cc1cc(C)c(NC(=O)Cn2c(=O)c3ccccc3c3ccccc3c2=O)c(C)c1. The maximum Gasteiger partial charge on any atom is 0.261 e. The zero-order valence-electron chi connectivity index (χ0n) is 17.2. The Hall–Kier alpha value is -3.73. The summed E-state index contributed by atoms with van der Waals surface area (Å²) in [5.41, 5.74) is 2.74. The maximum atomic E-state index is 13.2. The fourth-order valence-electron chi connectivity index (χ4n) is 4.04. The monoisotopic (exact) mass is 398 g/mol. The molecule has 0 aliphatic carbocycles. The fraction of sp³-hybridized carbons (Fsp3) is 0.160. The van der Waals surface area contributed by atoms with Crippen LogP contribution < -0.4 is 16.4 Å². The summed E-state index contributed by atoms with van der Waals surface area (Å²) in [6.45, 7) is 5.48. The second kappa shape index (κ2) is 7.59. The van der Waals surface area contributed by atoms with E-state index in [1.165, 1.54) is 0 Å². The maximum absolute atomic E-state index is 13.2. The van der Waals surface area contributed by atoms with Gasteiger partial charge in [0.2, 0.25) is 5.91 Å². The molecule has 5 heteroatoms. The van der Waals surface area contributed by atoms with Gasteiger partial charge >= 0.3 is 0 Å². The van der Waals surface area contributed by atoms with Crippen molar-refractivity contribution >= 4 is 33.1 Å². The third-order valence-electron chi connectivity index (χ3n) is 5.34. The van der Waals surface area contributed by atoms with Gasteiger partial charge in [0.05, 0.1) is 0 Å². The topological polar surface area (TPSA) is 68.2 Å². The number of carbonyl (C=O) groups excluding carboxylic acids is 1. The molecule has 5 nitrogen and oxygen atoms in total. The Morgan fingerprint density at radius 3 is 1.67 bits per heavy atom. The number of amides is 1. The molecule has 30 heavy (non-hydrogen) atoms. The van der Waals surface area contributed by atoms with Crippen molar-refractivity contribution in [3.05, 3.63) is 98.1 Å². The Morgan fingerprint density at radius 1 is 0.767 bits per heavy atom. The molecule has 0 spiro atoms. The van der Waals surface area contributed by atoms with Crippen LogP contribution >= 0.6 is 0 Å². The number of hydrogen-bond donors (Lipinski definition) is 1. The summed E-state index contributed by atoms with van der Waals surface area (Å²) in [6.07, 6.45) is 0. The first-order valence-corrected chi connectivity index (χ1v) is 9.79. The Morgan fingerprint density at radius 2 is 1.20 bits per heavy atom. The Bertz CT molecular complexity index is 1340. The van der Waals surface area contributed by atoms with Crippen molar-refractivity contribution in [2.75, 3.05) is 5.32 Å². The zero-order chi connectivity index (χ0) is 21.4. The minimum Gasteiger partial charge on any atom is -0.324 e. The number of nitrogens with one attached hydrogen (secondary N) is 1. The molecule has 0 saturated heterocycles. The number of rotatable bonds is 3. The van der Waals surface area contributed by atoms with Gasteiger partial charge in [0.1, 0.15) is 6.54 Å². The Labute approximate surface area is 173 Å². The van der Waals surface area contributed by atoms with Gasteiger partial charge in [-0.2, -0.15) is 0 Å². The Kier molecular flexibility index (Phi) is 4.96. The van der Waals surface area contributed by atoms with Crippen molar-refractivity contribution in [3.63, 3.8) is 0 Å². The van der Waals surface area contributed by atoms with Crippen LogP contribution in [0.15, 0.2) is 70.3 Å². The minimum atomic E-state index is -0.473. The molecule has 0 bridgehead atoms. The lowest BCUT2D eigenvalue weighted by Gasteiger charge is -2.13. The third-order valence-corrected chi connectivity index (χ3v) is 5.34. The fourth-order valence-corrected chi connectivity index (χ4v) is 4.04. The van der Waals surface area contributed by atoms with Crippen molar-refractivity contribution in [3.8, 4) is 0 Å². The van der Waals surface area contributed by atoms with E-state index in [4.69, 9.17) is 0 Å². The summed E-state index contributed by atoms with van der Waals surface area (Å²) in [7, 11) is 0. The number of fused-ring (bicyclic) bond motifs is 3. The molecule has 4 aromatic rings. The zero-order valence-corrected chi connectivity index (χ0v) is 17.2. The lowest BCUT2D eigenvalue weighted by Crippen LogP contribution is -2.35. The molecule has 0 aliphatic rings. The van der Waals surface area contributed by atoms with Gasteiger partial charge in [-0.3, -0.25) is 19.0 Å². The Balaban J connectivity index is 1.86. The summed E-state index contributed by atoms with van der Waals surface area (Å²) < 4.78 is 1.03. The van der Waals surface area contributed by atoms with Crippen LogP contribution in [-0.2, 0) is 11.3 Å². The number of anilines is 1. The second-order valence-corrected chi connectivity index (χ2v) is 7.61. The van der Waals surface area contributed by atoms with E-state index < -0.39 is 17.0 Å². The molecule has 1 N–H and O–H groups in total. The van der Waals surface area contributed by atoms with Crippen LogP contribution in [0.1, 0.15) is 16.7 Å². The summed E-state index contributed by atoms with van der Waals surface area (Å²) >= 11 is 0. The number of nitrogens with zero attached hydrogens (tertiary/aromatic N) is 1. The van der Waals surface area contributed by atoms with Gasteiger partial charge < -0.3 is 5.32 Å². The largest absolute Gasteiger partial charge is 0.324 e. The summed E-state index contributed by atoms with van der Waals surface area (Å²) in [5.74, 6) is -0.413. The normalized spacial score (nSPS) is 11.0. The van der Waals surface area contributed by atoms with Gasteiger partial charge in [-0.15, -0.1) is 0 Å². The van der Waals surface area contributed by atoms with Crippen LogP contribution in [0, 0.1) is 20.8 Å². The van der Waals surface area contributed by atoms with E-state index in [-0.39, 0.29) is 6.54 Å². The van der Waals surface area contributed by atoms with Gasteiger partial charge in [0, 0.05) is 16.5 Å². The van der Waals surface area contributed by atoms with Gasteiger partial charge in [0.25, 0.3) is 11.1 Å². The number of hydrogen-bond acceptors (Lipinski definition) is 3. The molecule has 0 atom stereocenters. The molecule has 150 valence electrons. The first kappa shape index (κ1) is 19.6.